The molecule has 2 unspecified atom stereocenters. The third-order valence-corrected chi connectivity index (χ3v) is 7.91. The summed E-state index contributed by atoms with van der Waals surface area (Å²) in [6.45, 7) is 3.90. The Morgan fingerprint density at radius 3 is 1.71 bits per heavy atom. The fraction of sp³-hybridized carbons (Fsp3) is 0.848. The number of hydrogen-bond acceptors (Lipinski definition) is 7. The van der Waals surface area contributed by atoms with Gasteiger partial charge in [-0.2, -0.15) is 0 Å². The summed E-state index contributed by atoms with van der Waals surface area (Å²) in [7, 11) is -4.22. The predicted octanol–water partition coefficient (Wildman–Crippen LogP) is 8.96. The van der Waals surface area contributed by atoms with Crippen LogP contribution in [0.1, 0.15) is 142 Å². The van der Waals surface area contributed by atoms with Crippen molar-refractivity contribution < 1.29 is 32.8 Å². The number of phosphoric ester groups is 1. The number of phosphoric acid groups is 1. The minimum Gasteiger partial charge on any atom is -0.458 e. The van der Waals surface area contributed by atoms with Gasteiger partial charge in [0.2, 0.25) is 0 Å². The zero-order chi connectivity index (χ0) is 31.0. The van der Waals surface area contributed by atoms with Crippen LogP contribution in [0.2, 0.25) is 0 Å². The van der Waals surface area contributed by atoms with Gasteiger partial charge in [0.1, 0.15) is 6.10 Å². The van der Waals surface area contributed by atoms with Gasteiger partial charge in [0.05, 0.1) is 19.8 Å². The van der Waals surface area contributed by atoms with Crippen molar-refractivity contribution in [3.05, 3.63) is 24.3 Å². The molecule has 0 radical (unpaired) electrons. The topological polar surface area (TPSA) is 117 Å². The summed E-state index contributed by atoms with van der Waals surface area (Å²) < 4.78 is 32.0. The van der Waals surface area contributed by atoms with E-state index in [-0.39, 0.29) is 26.4 Å². The van der Waals surface area contributed by atoms with Gasteiger partial charge in [-0.1, -0.05) is 121 Å². The summed E-state index contributed by atoms with van der Waals surface area (Å²) in [6.07, 6.45) is 34.1. The highest BCUT2D eigenvalue weighted by Gasteiger charge is 2.24. The van der Waals surface area contributed by atoms with Crippen molar-refractivity contribution in [3.63, 3.8) is 0 Å². The van der Waals surface area contributed by atoms with Crippen molar-refractivity contribution in [2.24, 2.45) is 5.73 Å². The molecule has 0 aliphatic rings. The van der Waals surface area contributed by atoms with E-state index in [1.54, 1.807) is 0 Å². The molecule has 248 valence electrons. The van der Waals surface area contributed by atoms with Crippen LogP contribution in [-0.2, 0) is 27.9 Å². The van der Waals surface area contributed by atoms with Crippen LogP contribution in [0, 0.1) is 0 Å². The van der Waals surface area contributed by atoms with Crippen molar-refractivity contribution in [3.8, 4) is 0 Å². The molecule has 0 saturated carbocycles. The minimum absolute atomic E-state index is 0.0982. The molecular weight excluding hydrogens is 553 g/mol. The number of carbonyl (C=O) groups excluding carboxylic acids is 1. The lowest BCUT2D eigenvalue weighted by molar-refractivity contribution is -0.151. The van der Waals surface area contributed by atoms with Crippen molar-refractivity contribution >= 4 is 13.8 Å². The van der Waals surface area contributed by atoms with E-state index in [1.807, 2.05) is 0 Å². The van der Waals surface area contributed by atoms with Gasteiger partial charge in [0, 0.05) is 20.1 Å². The maximum absolute atomic E-state index is 11.7. The van der Waals surface area contributed by atoms with Crippen molar-refractivity contribution in [2.45, 2.75) is 148 Å². The normalized spacial score (nSPS) is 14.1. The Kier molecular flexibility index (Phi) is 30.6. The van der Waals surface area contributed by atoms with Crippen LogP contribution >= 0.6 is 7.82 Å². The number of ether oxygens (including phenoxy) is 2. The van der Waals surface area contributed by atoms with Crippen molar-refractivity contribution in [1.29, 1.82) is 0 Å². The fourth-order valence-corrected chi connectivity index (χ4v) is 5.32. The van der Waals surface area contributed by atoms with Gasteiger partial charge in [-0.15, -0.1) is 0 Å². The highest BCUT2D eigenvalue weighted by atomic mass is 31.2. The quantitative estimate of drug-likeness (QED) is 0.0332. The molecule has 0 rings (SSSR count). The second kappa shape index (κ2) is 31.4. The summed E-state index contributed by atoms with van der Waals surface area (Å²) in [5.74, 6) is -0.506. The number of allylic oxidation sites excluding steroid dienone is 4. The molecule has 0 saturated heterocycles. The summed E-state index contributed by atoms with van der Waals surface area (Å²) in [5.41, 5.74) is 5.25. The molecule has 0 aliphatic heterocycles. The maximum atomic E-state index is 11.7. The van der Waals surface area contributed by atoms with Crippen molar-refractivity contribution in [2.75, 3.05) is 33.0 Å². The fourth-order valence-electron chi connectivity index (χ4n) is 4.55. The van der Waals surface area contributed by atoms with Crippen LogP contribution in [-0.4, -0.2) is 49.9 Å². The Balaban J connectivity index is 3.49. The van der Waals surface area contributed by atoms with Gasteiger partial charge in [-0.3, -0.25) is 13.8 Å². The first-order valence-electron chi connectivity index (χ1n) is 16.8. The average Bonchev–Trinajstić information content (AvgIpc) is 2.96. The Bertz CT molecular complexity index is 702. The number of unbranched alkanes of at least 4 members (excludes halogenated alkanes) is 17. The predicted molar refractivity (Wildman–Crippen MR) is 173 cm³/mol. The van der Waals surface area contributed by atoms with E-state index < -0.39 is 19.9 Å². The summed E-state index contributed by atoms with van der Waals surface area (Å²) in [5, 5.41) is 0. The Hall–Kier alpha value is -1.02. The van der Waals surface area contributed by atoms with E-state index in [0.29, 0.717) is 6.61 Å². The SMILES string of the molecule is CCCCCCC/C=C\C/C=C\CCCCCCCCCCCCCCOCC(COP(=O)(O)OCCN)OC(C)=O. The van der Waals surface area contributed by atoms with Crippen molar-refractivity contribution in [1.82, 2.24) is 0 Å². The number of esters is 1. The first-order valence-corrected chi connectivity index (χ1v) is 18.3. The second-order valence-corrected chi connectivity index (χ2v) is 12.6. The Morgan fingerprint density at radius 2 is 1.21 bits per heavy atom. The molecule has 9 heteroatoms. The van der Waals surface area contributed by atoms with E-state index in [4.69, 9.17) is 19.7 Å². The smallest absolute Gasteiger partial charge is 0.458 e. The molecule has 0 aromatic rings. The van der Waals surface area contributed by atoms with Gasteiger partial charge in [0.15, 0.2) is 0 Å². The third-order valence-electron chi connectivity index (χ3n) is 6.92. The Morgan fingerprint density at radius 1 is 0.714 bits per heavy atom. The van der Waals surface area contributed by atoms with Gasteiger partial charge in [-0.05, 0) is 38.5 Å². The summed E-state index contributed by atoms with van der Waals surface area (Å²) >= 11 is 0. The molecule has 0 heterocycles. The standard InChI is InChI=1S/C33H64NO7P/c1-3-4-5-6-7-8-9-10-11-12-13-14-15-16-17-18-19-20-21-22-23-24-25-26-28-38-30-33(41-32(2)35)31-40-42(36,37)39-29-27-34/h9-10,12-13,33H,3-8,11,14-31,34H2,1-2H3,(H,36,37)/b10-9-,13-12-. The molecular formula is C33H64NO7P. The van der Waals surface area contributed by atoms with Crippen LogP contribution in [0.3, 0.4) is 0 Å². The van der Waals surface area contributed by atoms with Crippen LogP contribution in [0.25, 0.3) is 0 Å². The van der Waals surface area contributed by atoms with E-state index in [0.717, 1.165) is 19.3 Å². The molecule has 2 atom stereocenters. The van der Waals surface area contributed by atoms with E-state index >= 15 is 0 Å². The zero-order valence-electron chi connectivity index (χ0n) is 27.0. The maximum Gasteiger partial charge on any atom is 0.472 e. The monoisotopic (exact) mass is 617 g/mol. The van der Waals surface area contributed by atoms with Gasteiger partial charge >= 0.3 is 13.8 Å². The lowest BCUT2D eigenvalue weighted by atomic mass is 10.0. The molecule has 0 aromatic heterocycles. The lowest BCUT2D eigenvalue weighted by Gasteiger charge is -2.19. The number of rotatable bonds is 32. The number of nitrogens with two attached hydrogens (primary N) is 1. The lowest BCUT2D eigenvalue weighted by Crippen LogP contribution is -2.27. The highest BCUT2D eigenvalue weighted by molar-refractivity contribution is 7.47. The van der Waals surface area contributed by atoms with Gasteiger partial charge in [0.25, 0.3) is 0 Å². The van der Waals surface area contributed by atoms with E-state index in [9.17, 15) is 14.3 Å². The van der Waals surface area contributed by atoms with Crippen LogP contribution < -0.4 is 5.73 Å². The molecule has 0 aromatic carbocycles. The number of hydrogen-bond donors (Lipinski definition) is 2. The zero-order valence-corrected chi connectivity index (χ0v) is 27.9. The molecule has 0 amide bonds. The molecule has 0 fully saturated rings. The van der Waals surface area contributed by atoms with Gasteiger partial charge < -0.3 is 20.1 Å². The average molecular weight is 618 g/mol. The van der Waals surface area contributed by atoms with E-state index in [1.165, 1.54) is 116 Å². The van der Waals surface area contributed by atoms with Crippen LogP contribution in [0.4, 0.5) is 0 Å². The number of carbonyl (C=O) groups is 1. The molecule has 8 nitrogen and oxygen atoms in total. The van der Waals surface area contributed by atoms with Crippen LogP contribution in [0.5, 0.6) is 0 Å². The third kappa shape index (κ3) is 31.9. The Labute approximate surface area is 257 Å². The summed E-state index contributed by atoms with van der Waals surface area (Å²) in [4.78, 5) is 20.9. The molecule has 0 aliphatic carbocycles. The van der Waals surface area contributed by atoms with Gasteiger partial charge in [-0.25, -0.2) is 4.57 Å². The minimum atomic E-state index is -4.22. The first kappa shape index (κ1) is 41.0. The largest absolute Gasteiger partial charge is 0.472 e. The first-order chi connectivity index (χ1) is 20.4. The molecule has 0 spiro atoms. The van der Waals surface area contributed by atoms with Crippen LogP contribution in [0.15, 0.2) is 24.3 Å². The second-order valence-electron chi connectivity index (χ2n) is 11.1. The molecule has 42 heavy (non-hydrogen) atoms. The highest BCUT2D eigenvalue weighted by Crippen LogP contribution is 2.43. The molecule has 0 bridgehead atoms. The molecule has 3 N–H and O–H groups in total. The summed E-state index contributed by atoms with van der Waals surface area (Å²) in [6, 6.07) is 0. The van der Waals surface area contributed by atoms with E-state index in [2.05, 4.69) is 35.8 Å².